The fourth-order valence-corrected chi connectivity index (χ4v) is 4.37. The van der Waals surface area contributed by atoms with Crippen molar-refractivity contribution in [2.45, 2.75) is 45.1 Å². The van der Waals surface area contributed by atoms with E-state index in [1.54, 1.807) is 7.05 Å². The lowest BCUT2D eigenvalue weighted by atomic mass is 9.95. The van der Waals surface area contributed by atoms with Gasteiger partial charge in [-0.15, -0.1) is 0 Å². The van der Waals surface area contributed by atoms with Gasteiger partial charge in [0.2, 0.25) is 5.91 Å². The number of aryl methyl sites for hydroxylation is 1. The van der Waals surface area contributed by atoms with Gasteiger partial charge in [-0.05, 0) is 42.9 Å². The van der Waals surface area contributed by atoms with Crippen LogP contribution >= 0.6 is 0 Å². The maximum atomic E-state index is 12.8. The minimum absolute atomic E-state index is 0.0383. The smallest absolute Gasteiger partial charge is 0.253 e. The van der Waals surface area contributed by atoms with Crippen molar-refractivity contribution in [3.05, 3.63) is 35.4 Å². The van der Waals surface area contributed by atoms with E-state index in [9.17, 15) is 9.59 Å². The molecule has 5 heteroatoms. The van der Waals surface area contributed by atoms with E-state index in [0.717, 1.165) is 37.9 Å². The lowest BCUT2D eigenvalue weighted by Gasteiger charge is -2.40. The minimum Gasteiger partial charge on any atom is -0.358 e. The highest BCUT2D eigenvalue weighted by Gasteiger charge is 2.36. The molecule has 1 heterocycles. The Labute approximate surface area is 156 Å². The molecule has 1 aromatic carbocycles. The first-order valence-electron chi connectivity index (χ1n) is 9.98. The Kier molecular flexibility index (Phi) is 6.30. The molecule has 0 bridgehead atoms. The van der Waals surface area contributed by atoms with Gasteiger partial charge < -0.3 is 10.2 Å². The standard InChI is InChI=1S/C21H31N3O2/c1-3-16-8-10-18(11-9-16)21(26)24-14-12-23(13-15-24)19(20(25)22-2)17-6-4-5-7-17/h8-11,17,19H,3-7,12-15H2,1-2H3,(H,22,25)/t19-/m1/s1. The molecule has 0 unspecified atom stereocenters. The molecule has 1 aliphatic carbocycles. The molecule has 3 rings (SSSR count). The van der Waals surface area contributed by atoms with Crippen molar-refractivity contribution in [2.75, 3.05) is 33.2 Å². The Morgan fingerprint density at radius 2 is 1.69 bits per heavy atom. The minimum atomic E-state index is -0.0383. The maximum Gasteiger partial charge on any atom is 0.253 e. The Bertz CT molecular complexity index is 615. The van der Waals surface area contributed by atoms with Crippen LogP contribution in [0.3, 0.4) is 0 Å². The summed E-state index contributed by atoms with van der Waals surface area (Å²) < 4.78 is 0. The van der Waals surface area contributed by atoms with Gasteiger partial charge in [0.15, 0.2) is 0 Å². The summed E-state index contributed by atoms with van der Waals surface area (Å²) in [5, 5.41) is 2.85. The number of likely N-dealkylation sites (N-methyl/N-ethyl adjacent to an activating group) is 1. The number of rotatable bonds is 5. The number of hydrogen-bond donors (Lipinski definition) is 1. The number of benzene rings is 1. The summed E-state index contributed by atoms with van der Waals surface area (Å²) >= 11 is 0. The van der Waals surface area contributed by atoms with Crippen molar-refractivity contribution in [2.24, 2.45) is 5.92 Å². The number of carbonyl (C=O) groups is 2. The van der Waals surface area contributed by atoms with Crippen molar-refractivity contribution in [1.29, 1.82) is 0 Å². The summed E-state index contributed by atoms with van der Waals surface area (Å²) in [5.74, 6) is 0.690. The topological polar surface area (TPSA) is 52.7 Å². The van der Waals surface area contributed by atoms with E-state index in [2.05, 4.69) is 17.1 Å². The molecule has 1 atom stereocenters. The van der Waals surface area contributed by atoms with Gasteiger partial charge in [-0.25, -0.2) is 0 Å². The molecule has 2 amide bonds. The zero-order valence-corrected chi connectivity index (χ0v) is 16.0. The quantitative estimate of drug-likeness (QED) is 0.880. The van der Waals surface area contributed by atoms with Gasteiger partial charge in [0.1, 0.15) is 0 Å². The van der Waals surface area contributed by atoms with Crippen LogP contribution in [0.4, 0.5) is 0 Å². The molecule has 26 heavy (non-hydrogen) atoms. The first-order valence-corrected chi connectivity index (χ1v) is 9.98. The molecule has 1 saturated heterocycles. The molecule has 1 saturated carbocycles. The summed E-state index contributed by atoms with van der Waals surface area (Å²) in [6.07, 6.45) is 5.71. The number of hydrogen-bond acceptors (Lipinski definition) is 3. The third kappa shape index (κ3) is 4.09. The number of nitrogens with one attached hydrogen (secondary N) is 1. The van der Waals surface area contributed by atoms with E-state index in [1.807, 2.05) is 29.2 Å². The largest absolute Gasteiger partial charge is 0.358 e. The second-order valence-electron chi connectivity index (χ2n) is 7.48. The lowest BCUT2D eigenvalue weighted by Crippen LogP contribution is -2.57. The molecule has 142 valence electrons. The van der Waals surface area contributed by atoms with E-state index in [0.29, 0.717) is 19.0 Å². The monoisotopic (exact) mass is 357 g/mol. The normalized spacial score (nSPS) is 20.2. The average Bonchev–Trinajstić information content (AvgIpc) is 3.22. The zero-order valence-electron chi connectivity index (χ0n) is 16.0. The van der Waals surface area contributed by atoms with E-state index in [4.69, 9.17) is 0 Å². The van der Waals surface area contributed by atoms with Crippen molar-refractivity contribution in [3.8, 4) is 0 Å². The summed E-state index contributed by atoms with van der Waals surface area (Å²) in [6.45, 7) is 5.03. The van der Waals surface area contributed by atoms with Crippen molar-refractivity contribution in [3.63, 3.8) is 0 Å². The molecule has 0 aromatic heterocycles. The van der Waals surface area contributed by atoms with Crippen molar-refractivity contribution < 1.29 is 9.59 Å². The van der Waals surface area contributed by atoms with Crippen LogP contribution in [0.25, 0.3) is 0 Å². The average molecular weight is 357 g/mol. The summed E-state index contributed by atoms with van der Waals surface area (Å²) in [7, 11) is 1.73. The summed E-state index contributed by atoms with van der Waals surface area (Å²) in [6, 6.07) is 7.89. The molecular formula is C21H31N3O2. The molecule has 1 aliphatic heterocycles. The Balaban J connectivity index is 1.61. The molecule has 1 N–H and O–H groups in total. The Hall–Kier alpha value is -1.88. The van der Waals surface area contributed by atoms with Crippen LogP contribution in [-0.2, 0) is 11.2 Å². The molecular weight excluding hydrogens is 326 g/mol. The van der Waals surface area contributed by atoms with Gasteiger partial charge in [-0.3, -0.25) is 14.5 Å². The highest BCUT2D eigenvalue weighted by Crippen LogP contribution is 2.31. The van der Waals surface area contributed by atoms with Gasteiger partial charge >= 0.3 is 0 Å². The van der Waals surface area contributed by atoms with E-state index in [-0.39, 0.29) is 17.9 Å². The fraction of sp³-hybridized carbons (Fsp3) is 0.619. The predicted molar refractivity (Wildman–Crippen MR) is 103 cm³/mol. The Morgan fingerprint density at radius 3 is 2.23 bits per heavy atom. The van der Waals surface area contributed by atoms with Crippen LogP contribution in [0.15, 0.2) is 24.3 Å². The number of carbonyl (C=O) groups excluding carboxylic acids is 2. The van der Waals surface area contributed by atoms with E-state index < -0.39 is 0 Å². The van der Waals surface area contributed by atoms with Gasteiger partial charge in [0.25, 0.3) is 5.91 Å². The molecule has 0 spiro atoms. The first kappa shape index (κ1) is 18.9. The molecule has 2 fully saturated rings. The zero-order chi connectivity index (χ0) is 18.5. The summed E-state index contributed by atoms with van der Waals surface area (Å²) in [5.41, 5.74) is 2.01. The molecule has 5 nitrogen and oxygen atoms in total. The number of nitrogens with zero attached hydrogens (tertiary/aromatic N) is 2. The van der Waals surface area contributed by atoms with Gasteiger partial charge in [-0.1, -0.05) is 31.9 Å². The van der Waals surface area contributed by atoms with Gasteiger partial charge in [-0.2, -0.15) is 0 Å². The van der Waals surface area contributed by atoms with Crippen LogP contribution in [0.1, 0.15) is 48.5 Å². The second kappa shape index (κ2) is 8.67. The van der Waals surface area contributed by atoms with E-state index in [1.165, 1.54) is 18.4 Å². The molecule has 0 radical (unpaired) electrons. The first-order chi connectivity index (χ1) is 12.6. The number of amides is 2. The van der Waals surface area contributed by atoms with Crippen LogP contribution in [0, 0.1) is 5.92 Å². The van der Waals surface area contributed by atoms with Crippen LogP contribution in [0.2, 0.25) is 0 Å². The van der Waals surface area contributed by atoms with Gasteiger partial charge in [0, 0.05) is 38.8 Å². The Morgan fingerprint density at radius 1 is 1.08 bits per heavy atom. The maximum absolute atomic E-state index is 12.8. The highest BCUT2D eigenvalue weighted by atomic mass is 16.2. The predicted octanol–water partition coefficient (Wildman–Crippen LogP) is 2.31. The molecule has 2 aliphatic rings. The van der Waals surface area contributed by atoms with Crippen LogP contribution in [0.5, 0.6) is 0 Å². The van der Waals surface area contributed by atoms with E-state index >= 15 is 0 Å². The lowest BCUT2D eigenvalue weighted by molar-refractivity contribution is -0.128. The van der Waals surface area contributed by atoms with Crippen LogP contribution in [-0.4, -0.2) is 60.9 Å². The third-order valence-corrected chi connectivity index (χ3v) is 5.97. The third-order valence-electron chi connectivity index (χ3n) is 5.97. The highest BCUT2D eigenvalue weighted by molar-refractivity contribution is 5.94. The van der Waals surface area contributed by atoms with Gasteiger partial charge in [0.05, 0.1) is 6.04 Å². The molecule has 1 aromatic rings. The summed E-state index contributed by atoms with van der Waals surface area (Å²) in [4.78, 5) is 29.4. The van der Waals surface area contributed by atoms with Crippen molar-refractivity contribution in [1.82, 2.24) is 15.1 Å². The van der Waals surface area contributed by atoms with Crippen LogP contribution < -0.4 is 5.32 Å². The number of piperazine rings is 1. The van der Waals surface area contributed by atoms with Crippen molar-refractivity contribution >= 4 is 11.8 Å². The second-order valence-corrected chi connectivity index (χ2v) is 7.48. The SMILES string of the molecule is CCc1ccc(C(=O)N2CCN([C@@H](C(=O)NC)C3CCCC3)CC2)cc1. The fourth-order valence-electron chi connectivity index (χ4n) is 4.37.